The molecule has 1 fully saturated rings. The molecule has 1 aliphatic rings. The molecule has 1 saturated heterocycles. The molecule has 3 amide bonds. The summed E-state index contributed by atoms with van der Waals surface area (Å²) in [6, 6.07) is 16.5. The first-order valence-corrected chi connectivity index (χ1v) is 11.2. The summed E-state index contributed by atoms with van der Waals surface area (Å²) in [5.74, 6) is 0.0839. The molecule has 3 rings (SSSR count). The quantitative estimate of drug-likeness (QED) is 0.598. The minimum atomic E-state index is -0.286. The summed E-state index contributed by atoms with van der Waals surface area (Å²) < 4.78 is 5.83. The lowest BCUT2D eigenvalue weighted by atomic mass is 10.0. The Morgan fingerprint density at radius 3 is 2.38 bits per heavy atom. The summed E-state index contributed by atoms with van der Waals surface area (Å²) in [5, 5.41) is 5.62. The van der Waals surface area contributed by atoms with E-state index in [0.717, 1.165) is 37.1 Å². The van der Waals surface area contributed by atoms with E-state index in [1.54, 1.807) is 0 Å². The van der Waals surface area contributed by atoms with E-state index in [-0.39, 0.29) is 43.3 Å². The second-order valence-electron chi connectivity index (χ2n) is 7.88. The fourth-order valence-corrected chi connectivity index (χ4v) is 3.76. The molecule has 1 heterocycles. The molecule has 7 heteroatoms. The number of rotatable bonds is 10. The summed E-state index contributed by atoms with van der Waals surface area (Å²) in [6.45, 7) is 3.42. The number of hydrogen-bond acceptors (Lipinski definition) is 4. The van der Waals surface area contributed by atoms with Crippen molar-refractivity contribution in [2.75, 3.05) is 26.2 Å². The zero-order valence-corrected chi connectivity index (χ0v) is 18.5. The predicted octanol–water partition coefficient (Wildman–Crippen LogP) is 2.61. The molecule has 32 heavy (non-hydrogen) atoms. The molecule has 170 valence electrons. The van der Waals surface area contributed by atoms with Gasteiger partial charge in [0.1, 0.15) is 5.75 Å². The molecule has 1 aliphatic heterocycles. The number of ether oxygens (including phenoxy) is 1. The van der Waals surface area contributed by atoms with Gasteiger partial charge in [0.05, 0.1) is 19.0 Å². The molecule has 1 atom stereocenters. The lowest BCUT2D eigenvalue weighted by Gasteiger charge is -2.22. The highest BCUT2D eigenvalue weighted by Gasteiger charge is 2.21. The first kappa shape index (κ1) is 23.3. The van der Waals surface area contributed by atoms with E-state index in [0.29, 0.717) is 12.2 Å². The number of hydrogen-bond donors (Lipinski definition) is 2. The van der Waals surface area contributed by atoms with Crippen molar-refractivity contribution >= 4 is 17.7 Å². The zero-order chi connectivity index (χ0) is 22.8. The van der Waals surface area contributed by atoms with Crippen LogP contribution in [0.5, 0.6) is 5.75 Å². The van der Waals surface area contributed by atoms with Crippen LogP contribution in [0.3, 0.4) is 0 Å². The Bertz CT molecular complexity index is 910. The maximum Gasteiger partial charge on any atom is 0.260 e. The summed E-state index contributed by atoms with van der Waals surface area (Å²) in [4.78, 5) is 38.7. The molecular weight excluding hydrogens is 406 g/mol. The third kappa shape index (κ3) is 6.83. The minimum Gasteiger partial charge on any atom is -0.483 e. The van der Waals surface area contributed by atoms with Crippen LogP contribution in [0.4, 0.5) is 0 Å². The van der Waals surface area contributed by atoms with Crippen molar-refractivity contribution in [2.24, 2.45) is 0 Å². The van der Waals surface area contributed by atoms with Gasteiger partial charge in [-0.1, -0.05) is 55.5 Å². The van der Waals surface area contributed by atoms with Crippen molar-refractivity contribution in [3.05, 3.63) is 65.7 Å². The van der Waals surface area contributed by atoms with Gasteiger partial charge in [-0.3, -0.25) is 14.4 Å². The number of nitrogens with zero attached hydrogens (tertiary/aromatic N) is 1. The Balaban J connectivity index is 1.52. The number of carbonyl (C=O) groups is 3. The van der Waals surface area contributed by atoms with E-state index >= 15 is 0 Å². The summed E-state index contributed by atoms with van der Waals surface area (Å²) in [6.07, 6.45) is 2.94. The summed E-state index contributed by atoms with van der Waals surface area (Å²) >= 11 is 0. The van der Waals surface area contributed by atoms with E-state index < -0.39 is 0 Å². The van der Waals surface area contributed by atoms with Crippen molar-refractivity contribution < 1.29 is 19.1 Å². The number of amides is 3. The highest BCUT2D eigenvalue weighted by atomic mass is 16.5. The average molecular weight is 438 g/mol. The smallest absolute Gasteiger partial charge is 0.260 e. The molecule has 0 radical (unpaired) electrons. The highest BCUT2D eigenvalue weighted by Crippen LogP contribution is 2.27. The Hall–Kier alpha value is -3.35. The molecule has 1 unspecified atom stereocenters. The van der Waals surface area contributed by atoms with Gasteiger partial charge in [0.25, 0.3) is 5.91 Å². The van der Waals surface area contributed by atoms with Gasteiger partial charge in [0.15, 0.2) is 6.61 Å². The maximum absolute atomic E-state index is 12.5. The Morgan fingerprint density at radius 2 is 1.66 bits per heavy atom. The molecule has 0 aromatic heterocycles. The molecule has 0 aliphatic carbocycles. The first-order valence-electron chi connectivity index (χ1n) is 11.2. The third-order valence-corrected chi connectivity index (χ3v) is 5.50. The highest BCUT2D eigenvalue weighted by molar-refractivity contribution is 5.86. The lowest BCUT2D eigenvalue weighted by molar-refractivity contribution is -0.132. The minimum absolute atomic E-state index is 0.0169. The third-order valence-electron chi connectivity index (χ3n) is 5.50. The second kappa shape index (κ2) is 11.9. The largest absolute Gasteiger partial charge is 0.483 e. The van der Waals surface area contributed by atoms with Crippen molar-refractivity contribution in [1.82, 2.24) is 15.5 Å². The fraction of sp³-hybridized carbons (Fsp3) is 0.400. The zero-order valence-electron chi connectivity index (χ0n) is 18.5. The monoisotopic (exact) mass is 437 g/mol. The van der Waals surface area contributed by atoms with Crippen LogP contribution in [-0.2, 0) is 20.8 Å². The van der Waals surface area contributed by atoms with Crippen molar-refractivity contribution in [1.29, 1.82) is 0 Å². The van der Waals surface area contributed by atoms with Gasteiger partial charge < -0.3 is 20.3 Å². The van der Waals surface area contributed by atoms with Crippen LogP contribution in [0, 0.1) is 0 Å². The number of likely N-dealkylation sites (tertiary alicyclic amines) is 1. The van der Waals surface area contributed by atoms with Crippen molar-refractivity contribution in [3.63, 3.8) is 0 Å². The number of carbonyl (C=O) groups excluding carboxylic acids is 3. The molecule has 0 spiro atoms. The van der Waals surface area contributed by atoms with E-state index in [2.05, 4.69) is 10.6 Å². The normalized spacial score (nSPS) is 14.0. The van der Waals surface area contributed by atoms with Crippen LogP contribution >= 0.6 is 0 Å². The van der Waals surface area contributed by atoms with Gasteiger partial charge in [0, 0.05) is 18.7 Å². The first-order chi connectivity index (χ1) is 15.6. The van der Waals surface area contributed by atoms with Crippen LogP contribution in [0.2, 0.25) is 0 Å². The SMILES string of the molecule is CCC(NC(=O)CNC(=O)Cc1ccccc1)c1ccccc1OCC(=O)N1CCCC1. The topological polar surface area (TPSA) is 87.7 Å². The summed E-state index contributed by atoms with van der Waals surface area (Å²) in [7, 11) is 0. The molecule has 2 aromatic carbocycles. The van der Waals surface area contributed by atoms with Gasteiger partial charge in [-0.05, 0) is 30.9 Å². The Morgan fingerprint density at radius 1 is 0.969 bits per heavy atom. The van der Waals surface area contributed by atoms with Gasteiger partial charge in [-0.25, -0.2) is 0 Å². The van der Waals surface area contributed by atoms with Crippen LogP contribution in [-0.4, -0.2) is 48.9 Å². The van der Waals surface area contributed by atoms with E-state index in [4.69, 9.17) is 4.74 Å². The molecule has 0 saturated carbocycles. The van der Waals surface area contributed by atoms with E-state index in [1.165, 1.54) is 0 Å². The second-order valence-corrected chi connectivity index (χ2v) is 7.88. The average Bonchev–Trinajstić information content (AvgIpc) is 3.36. The van der Waals surface area contributed by atoms with Gasteiger partial charge in [-0.15, -0.1) is 0 Å². The van der Waals surface area contributed by atoms with Gasteiger partial charge in [-0.2, -0.15) is 0 Å². The van der Waals surface area contributed by atoms with Crippen molar-refractivity contribution in [2.45, 2.75) is 38.6 Å². The Kier molecular flexibility index (Phi) is 8.66. The lowest BCUT2D eigenvalue weighted by Crippen LogP contribution is -2.39. The molecule has 7 nitrogen and oxygen atoms in total. The number of nitrogens with one attached hydrogen (secondary N) is 2. The number of para-hydroxylation sites is 1. The van der Waals surface area contributed by atoms with Gasteiger partial charge >= 0.3 is 0 Å². The molecule has 2 aromatic rings. The van der Waals surface area contributed by atoms with E-state index in [9.17, 15) is 14.4 Å². The molecular formula is C25H31N3O4. The standard InChI is InChI=1S/C25H31N3O4/c1-2-21(27-24(30)17-26-23(29)16-19-10-4-3-5-11-19)20-12-6-7-13-22(20)32-18-25(31)28-14-8-9-15-28/h3-7,10-13,21H,2,8-9,14-18H2,1H3,(H,26,29)(H,27,30). The van der Waals surface area contributed by atoms with E-state index in [1.807, 2.05) is 66.4 Å². The fourth-order valence-electron chi connectivity index (χ4n) is 3.76. The summed E-state index contributed by atoms with van der Waals surface area (Å²) in [5.41, 5.74) is 1.71. The van der Waals surface area contributed by atoms with Crippen LogP contribution in [0.1, 0.15) is 43.4 Å². The Labute approximate surface area is 189 Å². The predicted molar refractivity (Wildman–Crippen MR) is 122 cm³/mol. The number of benzene rings is 2. The maximum atomic E-state index is 12.5. The molecule has 2 N–H and O–H groups in total. The van der Waals surface area contributed by atoms with Crippen LogP contribution < -0.4 is 15.4 Å². The van der Waals surface area contributed by atoms with Gasteiger partial charge in [0.2, 0.25) is 11.8 Å². The van der Waals surface area contributed by atoms with Crippen LogP contribution in [0.15, 0.2) is 54.6 Å². The van der Waals surface area contributed by atoms with Crippen LogP contribution in [0.25, 0.3) is 0 Å². The molecule has 0 bridgehead atoms. The van der Waals surface area contributed by atoms with Crippen molar-refractivity contribution in [3.8, 4) is 5.75 Å².